The van der Waals surface area contributed by atoms with Crippen LogP contribution in [0.1, 0.15) is 30.5 Å². The molecule has 96 valence electrons. The summed E-state index contributed by atoms with van der Waals surface area (Å²) in [7, 11) is -3.58. The fraction of sp³-hybridized carbons (Fsp3) is 0.250. The first-order valence-corrected chi connectivity index (χ1v) is 6.96. The average molecular weight is 268 g/mol. The molecule has 0 aliphatic carbocycles. The highest BCUT2D eigenvalue weighted by Gasteiger charge is 2.25. The van der Waals surface area contributed by atoms with Gasteiger partial charge in [-0.05, 0) is 25.5 Å². The van der Waals surface area contributed by atoms with E-state index in [4.69, 9.17) is 5.73 Å². The van der Waals surface area contributed by atoms with Gasteiger partial charge in [0.25, 0.3) is 10.0 Å². The largest absolute Gasteiger partial charge is 0.383 e. The molecule has 0 aromatic heterocycles. The number of sulfonamides is 1. The highest BCUT2D eigenvalue weighted by atomic mass is 32.2. The Morgan fingerprint density at radius 2 is 2.11 bits per heavy atom. The lowest BCUT2D eigenvalue weighted by Crippen LogP contribution is -2.25. The maximum absolute atomic E-state index is 13.8. The first kappa shape index (κ1) is 12.8. The van der Waals surface area contributed by atoms with Crippen molar-refractivity contribution in [3.63, 3.8) is 0 Å². The van der Waals surface area contributed by atoms with Crippen LogP contribution in [-0.2, 0) is 15.8 Å². The third-order valence-corrected chi connectivity index (χ3v) is 3.69. The van der Waals surface area contributed by atoms with Gasteiger partial charge in [0.15, 0.2) is 0 Å². The van der Waals surface area contributed by atoms with Crippen molar-refractivity contribution in [3.8, 4) is 0 Å². The first-order chi connectivity index (χ1) is 8.30. The zero-order valence-electron chi connectivity index (χ0n) is 10.1. The van der Waals surface area contributed by atoms with Gasteiger partial charge in [0.05, 0.1) is 5.75 Å². The molecule has 0 amide bonds. The van der Waals surface area contributed by atoms with E-state index in [-0.39, 0.29) is 11.6 Å². The van der Waals surface area contributed by atoms with Crippen LogP contribution >= 0.6 is 0 Å². The normalized spacial score (nSPS) is 16.7. The lowest BCUT2D eigenvalue weighted by molar-refractivity contribution is 0.595. The third kappa shape index (κ3) is 2.28. The highest BCUT2D eigenvalue weighted by Crippen LogP contribution is 2.26. The molecule has 2 rings (SSSR count). The monoisotopic (exact) mass is 268 g/mol. The molecule has 0 unspecified atom stereocenters. The SMILES string of the molecule is CC(C)=Cc1c(F)ccc2c1C(N)=NS(=O)(=O)C2. The van der Waals surface area contributed by atoms with E-state index in [0.29, 0.717) is 16.7 Å². The Bertz CT molecular complexity index is 672. The lowest BCUT2D eigenvalue weighted by Gasteiger charge is -2.17. The van der Waals surface area contributed by atoms with Crippen molar-refractivity contribution in [1.82, 2.24) is 0 Å². The summed E-state index contributed by atoms with van der Waals surface area (Å²) in [5, 5.41) is 0. The number of nitrogens with zero attached hydrogens (tertiary/aromatic N) is 1. The van der Waals surface area contributed by atoms with Crippen molar-refractivity contribution in [2.75, 3.05) is 0 Å². The van der Waals surface area contributed by atoms with Gasteiger partial charge in [-0.25, -0.2) is 12.8 Å². The Balaban J connectivity index is 2.77. The highest BCUT2D eigenvalue weighted by molar-refractivity contribution is 7.89. The fourth-order valence-corrected chi connectivity index (χ4v) is 3.01. The van der Waals surface area contributed by atoms with Crippen LogP contribution in [0.15, 0.2) is 22.1 Å². The Hall–Kier alpha value is -1.69. The van der Waals surface area contributed by atoms with E-state index < -0.39 is 15.8 Å². The van der Waals surface area contributed by atoms with Gasteiger partial charge in [0.1, 0.15) is 11.7 Å². The third-order valence-electron chi connectivity index (χ3n) is 2.54. The summed E-state index contributed by atoms with van der Waals surface area (Å²) in [4.78, 5) is 0. The van der Waals surface area contributed by atoms with Crippen molar-refractivity contribution >= 4 is 21.9 Å². The molecule has 0 atom stereocenters. The average Bonchev–Trinajstić information content (AvgIpc) is 2.20. The predicted octanol–water partition coefficient (Wildman–Crippen LogP) is 1.80. The van der Waals surface area contributed by atoms with E-state index in [9.17, 15) is 12.8 Å². The number of allylic oxidation sites excluding steroid dienone is 1. The standard InChI is InChI=1S/C12H13FN2O2S/c1-7(2)5-9-10(13)4-3-8-6-18(16,17)15-12(14)11(8)9/h3-5H,6H2,1-2H3,(H2,14,15). The van der Waals surface area contributed by atoms with Gasteiger partial charge in [-0.15, -0.1) is 4.40 Å². The zero-order chi connectivity index (χ0) is 13.5. The second-order valence-corrected chi connectivity index (χ2v) is 6.05. The van der Waals surface area contributed by atoms with E-state index in [1.54, 1.807) is 6.08 Å². The van der Waals surface area contributed by atoms with Crippen LogP contribution in [0.5, 0.6) is 0 Å². The number of halogens is 1. The summed E-state index contributed by atoms with van der Waals surface area (Å²) in [5.41, 5.74) is 7.69. The number of fused-ring (bicyclic) bond motifs is 1. The summed E-state index contributed by atoms with van der Waals surface area (Å²) in [6, 6.07) is 2.69. The minimum atomic E-state index is -3.58. The van der Waals surface area contributed by atoms with Crippen LogP contribution in [0.3, 0.4) is 0 Å². The molecule has 0 bridgehead atoms. The van der Waals surface area contributed by atoms with Gasteiger partial charge in [0, 0.05) is 11.1 Å². The molecule has 18 heavy (non-hydrogen) atoms. The van der Waals surface area contributed by atoms with Crippen molar-refractivity contribution in [3.05, 3.63) is 40.2 Å². The Morgan fingerprint density at radius 1 is 1.44 bits per heavy atom. The molecule has 1 aliphatic heterocycles. The topological polar surface area (TPSA) is 72.5 Å². The molecule has 6 heteroatoms. The lowest BCUT2D eigenvalue weighted by atomic mass is 9.98. The van der Waals surface area contributed by atoms with Gasteiger partial charge < -0.3 is 5.73 Å². The zero-order valence-corrected chi connectivity index (χ0v) is 10.9. The smallest absolute Gasteiger partial charge is 0.259 e. The van der Waals surface area contributed by atoms with E-state index >= 15 is 0 Å². The van der Waals surface area contributed by atoms with Crippen molar-refractivity contribution in [2.45, 2.75) is 19.6 Å². The molecule has 1 heterocycles. The van der Waals surface area contributed by atoms with E-state index in [2.05, 4.69) is 4.40 Å². The molecule has 0 saturated heterocycles. The predicted molar refractivity (Wildman–Crippen MR) is 69.1 cm³/mol. The Kier molecular flexibility index (Phi) is 2.98. The van der Waals surface area contributed by atoms with Gasteiger partial charge in [-0.3, -0.25) is 0 Å². The van der Waals surface area contributed by atoms with Crippen molar-refractivity contribution < 1.29 is 12.8 Å². The number of hydrogen-bond acceptors (Lipinski definition) is 3. The summed E-state index contributed by atoms with van der Waals surface area (Å²) < 4.78 is 40.2. The minimum Gasteiger partial charge on any atom is -0.383 e. The van der Waals surface area contributed by atoms with Crippen LogP contribution < -0.4 is 5.73 Å². The molecule has 1 aromatic carbocycles. The van der Waals surface area contributed by atoms with E-state index in [1.165, 1.54) is 12.1 Å². The van der Waals surface area contributed by atoms with Gasteiger partial charge in [-0.1, -0.05) is 17.7 Å². The minimum absolute atomic E-state index is 0.150. The van der Waals surface area contributed by atoms with Crippen LogP contribution in [0.2, 0.25) is 0 Å². The van der Waals surface area contributed by atoms with Crippen molar-refractivity contribution in [2.24, 2.45) is 10.1 Å². The molecule has 0 saturated carbocycles. The second-order valence-electron chi connectivity index (χ2n) is 4.42. The molecule has 0 fully saturated rings. The molecule has 0 radical (unpaired) electrons. The number of hydrogen-bond donors (Lipinski definition) is 1. The number of amidine groups is 1. The number of rotatable bonds is 1. The molecular formula is C12H13FN2O2S. The summed E-state index contributed by atoms with van der Waals surface area (Å²) in [5.74, 6) is -0.831. The number of nitrogens with two attached hydrogens (primary N) is 1. The van der Waals surface area contributed by atoms with Gasteiger partial charge in [0.2, 0.25) is 0 Å². The molecule has 1 aliphatic rings. The van der Waals surface area contributed by atoms with E-state index in [1.807, 2.05) is 13.8 Å². The molecule has 0 spiro atoms. The fourth-order valence-electron chi connectivity index (χ4n) is 1.92. The quantitative estimate of drug-likeness (QED) is 0.844. The first-order valence-electron chi connectivity index (χ1n) is 5.35. The maximum atomic E-state index is 13.8. The number of benzene rings is 1. The van der Waals surface area contributed by atoms with Crippen LogP contribution in [0.25, 0.3) is 6.08 Å². The van der Waals surface area contributed by atoms with Crippen LogP contribution in [0, 0.1) is 5.82 Å². The molecular weight excluding hydrogens is 255 g/mol. The summed E-state index contributed by atoms with van der Waals surface area (Å²) >= 11 is 0. The van der Waals surface area contributed by atoms with E-state index in [0.717, 1.165) is 5.57 Å². The van der Waals surface area contributed by atoms with Gasteiger partial charge >= 0.3 is 0 Å². The van der Waals surface area contributed by atoms with Crippen molar-refractivity contribution in [1.29, 1.82) is 0 Å². The Morgan fingerprint density at radius 3 is 2.72 bits per heavy atom. The van der Waals surface area contributed by atoms with Crippen LogP contribution in [0.4, 0.5) is 4.39 Å². The molecule has 2 N–H and O–H groups in total. The summed E-state index contributed by atoms with van der Waals surface area (Å²) in [6.45, 7) is 3.65. The van der Waals surface area contributed by atoms with Gasteiger partial charge in [-0.2, -0.15) is 0 Å². The second kappa shape index (κ2) is 4.20. The molecule has 4 nitrogen and oxygen atoms in total. The summed E-state index contributed by atoms with van der Waals surface area (Å²) in [6.07, 6.45) is 1.63. The maximum Gasteiger partial charge on any atom is 0.259 e. The Labute approximate surface area is 105 Å². The molecule has 1 aromatic rings. The van der Waals surface area contributed by atoms with Crippen LogP contribution in [-0.4, -0.2) is 14.3 Å².